The molecule has 3 rings (SSSR count). The van der Waals surface area contributed by atoms with Crippen LogP contribution in [0.25, 0.3) is 5.82 Å². The molecule has 0 radical (unpaired) electrons. The van der Waals surface area contributed by atoms with E-state index in [4.69, 9.17) is 4.74 Å². The summed E-state index contributed by atoms with van der Waals surface area (Å²) in [6.45, 7) is 5.16. The smallest absolute Gasteiger partial charge is 0.417 e. The molecule has 0 aromatic carbocycles. The van der Waals surface area contributed by atoms with E-state index in [0.717, 1.165) is 31.7 Å². The van der Waals surface area contributed by atoms with Gasteiger partial charge in [-0.3, -0.25) is 4.79 Å². The summed E-state index contributed by atoms with van der Waals surface area (Å²) in [7, 11) is 0. The van der Waals surface area contributed by atoms with Gasteiger partial charge in [0.25, 0.3) is 5.91 Å². The number of nitrogens with one attached hydrogen (secondary N) is 1. The van der Waals surface area contributed by atoms with Gasteiger partial charge in [-0.2, -0.15) is 18.3 Å². The van der Waals surface area contributed by atoms with Crippen LogP contribution in [0.15, 0.2) is 24.5 Å². The van der Waals surface area contributed by atoms with E-state index in [2.05, 4.69) is 22.3 Å². The highest BCUT2D eigenvalue weighted by molar-refractivity contribution is 5.93. The van der Waals surface area contributed by atoms with Crippen molar-refractivity contribution in [1.29, 1.82) is 0 Å². The van der Waals surface area contributed by atoms with Crippen LogP contribution in [0.3, 0.4) is 0 Å². The molecule has 1 amide bonds. The monoisotopic (exact) mass is 438 g/mol. The number of pyridine rings is 1. The average molecular weight is 438 g/mol. The quantitative estimate of drug-likeness (QED) is 0.717. The Bertz CT molecular complexity index is 940. The van der Waals surface area contributed by atoms with Gasteiger partial charge in [-0.1, -0.05) is 19.8 Å². The van der Waals surface area contributed by atoms with Crippen molar-refractivity contribution in [3.63, 3.8) is 0 Å². The topological polar surface area (TPSA) is 86.1 Å². The first-order valence-corrected chi connectivity index (χ1v) is 10.2. The Labute approximate surface area is 178 Å². The minimum atomic E-state index is -4.49. The Morgan fingerprint density at radius 3 is 2.55 bits per heavy atom. The van der Waals surface area contributed by atoms with E-state index in [1.165, 1.54) is 23.9 Å². The van der Waals surface area contributed by atoms with Crippen LogP contribution in [0, 0.1) is 12.8 Å². The predicted molar refractivity (Wildman–Crippen MR) is 106 cm³/mol. The van der Waals surface area contributed by atoms with Gasteiger partial charge in [-0.15, -0.1) is 0 Å². The van der Waals surface area contributed by atoms with E-state index in [0.29, 0.717) is 17.8 Å². The van der Waals surface area contributed by atoms with E-state index in [1.807, 2.05) is 0 Å². The van der Waals surface area contributed by atoms with Crippen LogP contribution in [0.4, 0.5) is 13.2 Å². The zero-order chi connectivity index (χ0) is 22.8. The Hall–Kier alpha value is -2.91. The number of carbonyl (C=O) groups excluding carboxylic acids is 2. The number of aromatic nitrogens is 3. The van der Waals surface area contributed by atoms with Gasteiger partial charge in [-0.25, -0.2) is 14.5 Å². The van der Waals surface area contributed by atoms with Crippen molar-refractivity contribution in [3.8, 4) is 5.82 Å². The first kappa shape index (κ1) is 22.8. The van der Waals surface area contributed by atoms with Gasteiger partial charge < -0.3 is 10.1 Å². The maximum atomic E-state index is 12.7. The van der Waals surface area contributed by atoms with Crippen molar-refractivity contribution < 1.29 is 27.5 Å². The number of nitrogens with zero attached hydrogens (tertiary/aromatic N) is 3. The van der Waals surface area contributed by atoms with Crippen LogP contribution in [0.5, 0.6) is 0 Å². The third kappa shape index (κ3) is 5.23. The minimum Gasteiger partial charge on any atom is -0.449 e. The lowest BCUT2D eigenvalue weighted by molar-refractivity contribution is -0.137. The van der Waals surface area contributed by atoms with Crippen LogP contribution < -0.4 is 5.32 Å². The largest absolute Gasteiger partial charge is 0.449 e. The van der Waals surface area contributed by atoms with Crippen molar-refractivity contribution in [2.24, 2.45) is 5.92 Å². The number of alkyl halides is 3. The van der Waals surface area contributed by atoms with E-state index in [9.17, 15) is 22.8 Å². The molecule has 168 valence electrons. The maximum absolute atomic E-state index is 12.7. The highest BCUT2D eigenvalue weighted by Crippen LogP contribution is 2.29. The summed E-state index contributed by atoms with van der Waals surface area (Å²) in [6, 6.07) is 2.12. The fraction of sp³-hybridized carbons (Fsp3) is 0.524. The second-order valence-corrected chi connectivity index (χ2v) is 7.88. The molecule has 3 atom stereocenters. The lowest BCUT2D eigenvalue weighted by atomic mass is 9.86. The summed E-state index contributed by atoms with van der Waals surface area (Å²) in [4.78, 5) is 28.8. The molecule has 0 aliphatic heterocycles. The first-order chi connectivity index (χ1) is 14.6. The van der Waals surface area contributed by atoms with E-state index < -0.39 is 23.8 Å². The first-order valence-electron chi connectivity index (χ1n) is 10.2. The van der Waals surface area contributed by atoms with Crippen LogP contribution in [0.1, 0.15) is 61.1 Å². The Morgan fingerprint density at radius 2 is 1.94 bits per heavy atom. The van der Waals surface area contributed by atoms with Gasteiger partial charge in [-0.05, 0) is 44.7 Å². The summed E-state index contributed by atoms with van der Waals surface area (Å²) in [5.41, 5.74) is -0.439. The molecule has 31 heavy (non-hydrogen) atoms. The molecule has 2 aromatic heterocycles. The lowest BCUT2D eigenvalue weighted by Gasteiger charge is -2.30. The summed E-state index contributed by atoms with van der Waals surface area (Å²) in [5.74, 6) is -0.601. The molecule has 1 aliphatic carbocycles. The third-order valence-corrected chi connectivity index (χ3v) is 5.61. The SMILES string of the molecule is Cc1c(C(=O)OC(C)C(=O)NC2CCCCC2C)cnn1-c1ccc(C(F)(F)F)cn1. The third-order valence-electron chi connectivity index (χ3n) is 5.61. The number of hydrogen-bond donors (Lipinski definition) is 1. The Kier molecular flexibility index (Phi) is 6.66. The number of rotatable bonds is 5. The molecular formula is C21H25F3N4O3. The highest BCUT2D eigenvalue weighted by Gasteiger charge is 2.31. The summed E-state index contributed by atoms with van der Waals surface area (Å²) in [5, 5.41) is 6.98. The lowest BCUT2D eigenvalue weighted by Crippen LogP contribution is -2.46. The van der Waals surface area contributed by atoms with Crippen LogP contribution >= 0.6 is 0 Å². The van der Waals surface area contributed by atoms with Crippen molar-refractivity contribution >= 4 is 11.9 Å². The fourth-order valence-corrected chi connectivity index (χ4v) is 3.63. The summed E-state index contributed by atoms with van der Waals surface area (Å²) in [6.07, 6.45) is 0.613. The second-order valence-electron chi connectivity index (χ2n) is 7.88. The molecule has 0 saturated heterocycles. The average Bonchev–Trinajstić information content (AvgIpc) is 3.10. The van der Waals surface area contributed by atoms with Gasteiger partial charge in [0.15, 0.2) is 11.9 Å². The van der Waals surface area contributed by atoms with Crippen LogP contribution in [-0.4, -0.2) is 38.8 Å². The molecule has 1 saturated carbocycles. The van der Waals surface area contributed by atoms with Crippen molar-refractivity contribution in [1.82, 2.24) is 20.1 Å². The standard InChI is InChI=1S/C21H25F3N4O3/c1-12-6-4-5-7-17(12)27-19(29)14(3)31-20(30)16-11-26-28(13(16)2)18-9-8-15(10-25-18)21(22,23)24/h8-12,14,17H,4-7H2,1-3H3,(H,27,29). The van der Waals surface area contributed by atoms with Crippen molar-refractivity contribution in [2.45, 2.75) is 64.8 Å². The van der Waals surface area contributed by atoms with E-state index >= 15 is 0 Å². The zero-order valence-corrected chi connectivity index (χ0v) is 17.6. The number of amides is 1. The van der Waals surface area contributed by atoms with Gasteiger partial charge in [0.05, 0.1) is 17.5 Å². The molecule has 1 N–H and O–H groups in total. The second kappa shape index (κ2) is 9.07. The maximum Gasteiger partial charge on any atom is 0.417 e. The molecule has 1 aliphatic rings. The molecule has 0 bridgehead atoms. The van der Waals surface area contributed by atoms with E-state index in [-0.39, 0.29) is 23.3 Å². The molecule has 0 spiro atoms. The van der Waals surface area contributed by atoms with Crippen molar-refractivity contribution in [2.75, 3.05) is 0 Å². The number of ether oxygens (including phenoxy) is 1. The number of hydrogen-bond acceptors (Lipinski definition) is 5. The molecule has 1 fully saturated rings. The summed E-state index contributed by atoms with van der Waals surface area (Å²) >= 11 is 0. The minimum absolute atomic E-state index is 0.0673. The van der Waals surface area contributed by atoms with Crippen molar-refractivity contribution in [3.05, 3.63) is 41.3 Å². The molecule has 3 unspecified atom stereocenters. The Balaban J connectivity index is 1.66. The van der Waals surface area contributed by atoms with E-state index in [1.54, 1.807) is 6.92 Å². The van der Waals surface area contributed by atoms with Gasteiger partial charge in [0.1, 0.15) is 5.56 Å². The van der Waals surface area contributed by atoms with Crippen LogP contribution in [0.2, 0.25) is 0 Å². The Morgan fingerprint density at radius 1 is 1.23 bits per heavy atom. The van der Waals surface area contributed by atoms with Gasteiger partial charge in [0, 0.05) is 12.2 Å². The number of esters is 1. The normalized spacial score (nSPS) is 20.2. The zero-order valence-electron chi connectivity index (χ0n) is 17.6. The van der Waals surface area contributed by atoms with Crippen LogP contribution in [-0.2, 0) is 15.7 Å². The van der Waals surface area contributed by atoms with Gasteiger partial charge in [0.2, 0.25) is 0 Å². The molecule has 7 nitrogen and oxygen atoms in total. The molecule has 2 heterocycles. The summed E-state index contributed by atoms with van der Waals surface area (Å²) < 4.78 is 44.7. The number of carbonyl (C=O) groups is 2. The fourth-order valence-electron chi connectivity index (χ4n) is 3.63. The highest BCUT2D eigenvalue weighted by atomic mass is 19.4. The predicted octanol–water partition coefficient (Wildman–Crippen LogP) is 3.83. The number of halogens is 3. The van der Waals surface area contributed by atoms with Gasteiger partial charge >= 0.3 is 12.1 Å². The molecule has 2 aromatic rings. The molecular weight excluding hydrogens is 413 g/mol. The molecule has 10 heteroatoms.